The highest BCUT2D eigenvalue weighted by Crippen LogP contribution is 2.39. The molecule has 3 rings (SSSR count). The third-order valence-corrected chi connectivity index (χ3v) is 5.53. The average molecular weight is 328 g/mol. The number of hydrogen-bond donors (Lipinski definition) is 1. The lowest BCUT2D eigenvalue weighted by Crippen LogP contribution is -2.45. The van der Waals surface area contributed by atoms with Gasteiger partial charge in [-0.25, -0.2) is 0 Å². The van der Waals surface area contributed by atoms with Gasteiger partial charge >= 0.3 is 0 Å². The van der Waals surface area contributed by atoms with E-state index in [0.717, 1.165) is 12.8 Å². The first-order valence-electron chi connectivity index (χ1n) is 9.23. The Balaban J connectivity index is 1.57. The first-order chi connectivity index (χ1) is 11.6. The van der Waals surface area contributed by atoms with Crippen molar-refractivity contribution < 1.29 is 9.59 Å². The summed E-state index contributed by atoms with van der Waals surface area (Å²) in [5, 5.41) is 2.95. The van der Waals surface area contributed by atoms with Gasteiger partial charge in [-0.15, -0.1) is 0 Å². The van der Waals surface area contributed by atoms with Crippen LogP contribution in [0.4, 0.5) is 0 Å². The minimum absolute atomic E-state index is 0.110. The number of hydrogen-bond acceptors (Lipinski definition) is 2. The molecule has 1 saturated heterocycles. The molecule has 0 aromatic heterocycles. The van der Waals surface area contributed by atoms with Gasteiger partial charge in [0.1, 0.15) is 0 Å². The van der Waals surface area contributed by atoms with Gasteiger partial charge in [0.2, 0.25) is 5.91 Å². The zero-order valence-electron chi connectivity index (χ0n) is 14.7. The van der Waals surface area contributed by atoms with Crippen LogP contribution in [0.3, 0.4) is 0 Å². The Labute approximate surface area is 144 Å². The summed E-state index contributed by atoms with van der Waals surface area (Å²) in [4.78, 5) is 27.1. The minimum atomic E-state index is -0.153. The Kier molecular flexibility index (Phi) is 5.22. The van der Waals surface area contributed by atoms with Crippen LogP contribution in [0, 0.1) is 5.92 Å². The van der Waals surface area contributed by atoms with Crippen LogP contribution in [0.15, 0.2) is 30.3 Å². The zero-order chi connectivity index (χ0) is 17.1. The molecule has 1 aromatic rings. The second-order valence-electron chi connectivity index (χ2n) is 7.44. The SMILES string of the molecule is C[C@H](CC(=O)N1[C@H](C)C[C@H]2CCCC[C@H]21)NC(=O)c1ccccc1. The molecule has 1 heterocycles. The van der Waals surface area contributed by atoms with Gasteiger partial charge < -0.3 is 10.2 Å². The van der Waals surface area contributed by atoms with Gasteiger partial charge in [0, 0.05) is 30.1 Å². The zero-order valence-corrected chi connectivity index (χ0v) is 14.7. The first-order valence-corrected chi connectivity index (χ1v) is 9.23. The third kappa shape index (κ3) is 3.63. The molecular formula is C20H28N2O2. The number of nitrogens with zero attached hydrogens (tertiary/aromatic N) is 1. The fourth-order valence-electron chi connectivity index (χ4n) is 4.45. The van der Waals surface area contributed by atoms with Crippen molar-refractivity contribution in [1.29, 1.82) is 0 Å². The van der Waals surface area contributed by atoms with Gasteiger partial charge in [0.05, 0.1) is 0 Å². The molecule has 130 valence electrons. The van der Waals surface area contributed by atoms with Crippen LogP contribution >= 0.6 is 0 Å². The summed E-state index contributed by atoms with van der Waals surface area (Å²) < 4.78 is 0. The summed E-state index contributed by atoms with van der Waals surface area (Å²) in [7, 11) is 0. The van der Waals surface area contributed by atoms with E-state index in [4.69, 9.17) is 0 Å². The molecule has 4 nitrogen and oxygen atoms in total. The van der Waals surface area contributed by atoms with E-state index in [1.165, 1.54) is 19.3 Å². The van der Waals surface area contributed by atoms with Crippen LogP contribution in [0.5, 0.6) is 0 Å². The van der Waals surface area contributed by atoms with Crippen LogP contribution in [-0.4, -0.2) is 34.8 Å². The third-order valence-electron chi connectivity index (χ3n) is 5.53. The molecule has 1 aliphatic carbocycles. The van der Waals surface area contributed by atoms with E-state index >= 15 is 0 Å². The lowest BCUT2D eigenvalue weighted by atomic mass is 9.85. The van der Waals surface area contributed by atoms with Crippen molar-refractivity contribution in [2.75, 3.05) is 0 Å². The predicted octanol–water partition coefficient (Wildman–Crippen LogP) is 3.37. The highest BCUT2D eigenvalue weighted by molar-refractivity contribution is 5.94. The average Bonchev–Trinajstić information content (AvgIpc) is 2.91. The first kappa shape index (κ1) is 17.0. The smallest absolute Gasteiger partial charge is 0.251 e. The second-order valence-corrected chi connectivity index (χ2v) is 7.44. The molecule has 2 fully saturated rings. The van der Waals surface area contributed by atoms with E-state index in [2.05, 4.69) is 17.1 Å². The van der Waals surface area contributed by atoms with E-state index in [1.807, 2.05) is 25.1 Å². The molecule has 2 aliphatic rings. The molecule has 1 N–H and O–H groups in total. The topological polar surface area (TPSA) is 49.4 Å². The molecule has 0 radical (unpaired) electrons. The van der Waals surface area contributed by atoms with Crippen LogP contribution < -0.4 is 5.32 Å². The standard InChI is InChI=1S/C20H28N2O2/c1-14(21-20(24)16-8-4-3-5-9-16)12-19(23)22-15(2)13-17-10-6-7-11-18(17)22/h3-5,8-9,14-15,17-18H,6-7,10-13H2,1-2H3,(H,21,24)/t14-,15-,17-,18-/m1/s1. The fourth-order valence-corrected chi connectivity index (χ4v) is 4.45. The fraction of sp³-hybridized carbons (Fsp3) is 0.600. The van der Waals surface area contributed by atoms with Crippen molar-refractivity contribution in [3.05, 3.63) is 35.9 Å². The molecule has 24 heavy (non-hydrogen) atoms. The molecule has 1 saturated carbocycles. The molecule has 0 unspecified atom stereocenters. The quantitative estimate of drug-likeness (QED) is 0.921. The number of rotatable bonds is 4. The molecular weight excluding hydrogens is 300 g/mol. The van der Waals surface area contributed by atoms with Gasteiger partial charge in [-0.2, -0.15) is 0 Å². The summed E-state index contributed by atoms with van der Waals surface area (Å²) in [6, 6.07) is 9.78. The highest BCUT2D eigenvalue weighted by Gasteiger charge is 2.42. The van der Waals surface area contributed by atoms with Crippen molar-refractivity contribution in [1.82, 2.24) is 10.2 Å². The normalized spacial score (nSPS) is 27.4. The number of fused-ring (bicyclic) bond motifs is 1. The number of benzene rings is 1. The number of amides is 2. The number of nitrogens with one attached hydrogen (secondary N) is 1. The molecule has 4 heteroatoms. The Morgan fingerprint density at radius 3 is 2.67 bits per heavy atom. The Bertz CT molecular complexity index is 587. The van der Waals surface area contributed by atoms with Crippen molar-refractivity contribution in [3.63, 3.8) is 0 Å². The number of carbonyl (C=O) groups is 2. The number of carbonyl (C=O) groups excluding carboxylic acids is 2. The Hall–Kier alpha value is -1.84. The molecule has 0 spiro atoms. The summed E-state index contributed by atoms with van der Waals surface area (Å²) in [5.74, 6) is 0.769. The molecule has 0 bridgehead atoms. The van der Waals surface area contributed by atoms with Gasteiger partial charge in [-0.3, -0.25) is 9.59 Å². The van der Waals surface area contributed by atoms with Crippen LogP contribution in [0.25, 0.3) is 0 Å². The predicted molar refractivity (Wildman–Crippen MR) is 94.7 cm³/mol. The van der Waals surface area contributed by atoms with Crippen LogP contribution in [-0.2, 0) is 4.79 Å². The Morgan fingerprint density at radius 1 is 1.21 bits per heavy atom. The molecule has 1 aliphatic heterocycles. The van der Waals surface area contributed by atoms with Crippen molar-refractivity contribution in [3.8, 4) is 0 Å². The maximum absolute atomic E-state index is 12.8. The van der Waals surface area contributed by atoms with Crippen molar-refractivity contribution >= 4 is 11.8 Å². The van der Waals surface area contributed by atoms with Gasteiger partial charge in [0.15, 0.2) is 0 Å². The minimum Gasteiger partial charge on any atom is -0.349 e. The van der Waals surface area contributed by atoms with Crippen LogP contribution in [0.2, 0.25) is 0 Å². The van der Waals surface area contributed by atoms with Gasteiger partial charge in [-0.1, -0.05) is 31.0 Å². The molecule has 4 atom stereocenters. The second kappa shape index (κ2) is 7.37. The van der Waals surface area contributed by atoms with E-state index in [-0.39, 0.29) is 17.9 Å². The maximum Gasteiger partial charge on any atom is 0.251 e. The largest absolute Gasteiger partial charge is 0.349 e. The van der Waals surface area contributed by atoms with Crippen molar-refractivity contribution in [2.24, 2.45) is 5.92 Å². The monoisotopic (exact) mass is 328 g/mol. The Morgan fingerprint density at radius 2 is 1.92 bits per heavy atom. The van der Waals surface area contributed by atoms with Gasteiger partial charge in [-0.05, 0) is 51.2 Å². The van der Waals surface area contributed by atoms with E-state index in [0.29, 0.717) is 30.0 Å². The highest BCUT2D eigenvalue weighted by atomic mass is 16.2. The summed E-state index contributed by atoms with van der Waals surface area (Å²) in [5.41, 5.74) is 0.638. The van der Waals surface area contributed by atoms with E-state index < -0.39 is 0 Å². The maximum atomic E-state index is 12.8. The van der Waals surface area contributed by atoms with E-state index in [1.54, 1.807) is 12.1 Å². The molecule has 1 aromatic carbocycles. The number of likely N-dealkylation sites (tertiary alicyclic amines) is 1. The van der Waals surface area contributed by atoms with Gasteiger partial charge in [0.25, 0.3) is 5.91 Å². The van der Waals surface area contributed by atoms with Crippen molar-refractivity contribution in [2.45, 2.75) is 70.5 Å². The lowest BCUT2D eigenvalue weighted by molar-refractivity contribution is -0.134. The summed E-state index contributed by atoms with van der Waals surface area (Å²) in [6.45, 7) is 4.08. The molecule has 2 amide bonds. The van der Waals surface area contributed by atoms with E-state index in [9.17, 15) is 9.59 Å². The summed E-state index contributed by atoms with van der Waals surface area (Å²) in [6.07, 6.45) is 6.47. The van der Waals surface area contributed by atoms with Crippen LogP contribution in [0.1, 0.15) is 62.7 Å². The summed E-state index contributed by atoms with van der Waals surface area (Å²) >= 11 is 0. The lowest BCUT2D eigenvalue weighted by Gasteiger charge is -2.34.